The lowest BCUT2D eigenvalue weighted by atomic mass is 10.00. The second-order valence-corrected chi connectivity index (χ2v) is 5.93. The van der Waals surface area contributed by atoms with Gasteiger partial charge in [0.05, 0.1) is 11.3 Å². The minimum absolute atomic E-state index is 0.201. The fourth-order valence-electron chi connectivity index (χ4n) is 2.81. The van der Waals surface area contributed by atoms with Crippen molar-refractivity contribution in [3.63, 3.8) is 0 Å². The Morgan fingerprint density at radius 2 is 2.17 bits per heavy atom. The molecular formula is C18H21FN4O. The minimum Gasteiger partial charge on any atom is -0.352 e. The third-order valence-corrected chi connectivity index (χ3v) is 4.13. The highest BCUT2D eigenvalue weighted by atomic mass is 19.1. The normalized spacial score (nSPS) is 17.3. The average Bonchev–Trinajstić information content (AvgIpc) is 2.63. The van der Waals surface area contributed by atoms with E-state index in [1.54, 1.807) is 36.5 Å². The van der Waals surface area contributed by atoms with E-state index in [4.69, 9.17) is 0 Å². The van der Waals surface area contributed by atoms with Crippen LogP contribution in [-0.2, 0) is 0 Å². The van der Waals surface area contributed by atoms with Crippen molar-refractivity contribution in [2.45, 2.75) is 12.8 Å². The third kappa shape index (κ3) is 4.08. The van der Waals surface area contributed by atoms with E-state index in [0.717, 1.165) is 25.9 Å². The topological polar surface area (TPSA) is 66.0 Å². The molecule has 24 heavy (non-hydrogen) atoms. The monoisotopic (exact) mass is 328 g/mol. The van der Waals surface area contributed by atoms with Gasteiger partial charge >= 0.3 is 0 Å². The van der Waals surface area contributed by atoms with Gasteiger partial charge in [-0.2, -0.15) is 0 Å². The summed E-state index contributed by atoms with van der Waals surface area (Å²) in [5.41, 5.74) is 0.700. The summed E-state index contributed by atoms with van der Waals surface area (Å²) in [6.07, 6.45) is 3.82. The van der Waals surface area contributed by atoms with Gasteiger partial charge in [0.15, 0.2) is 0 Å². The highest BCUT2D eigenvalue weighted by Crippen LogP contribution is 2.21. The number of piperidine rings is 1. The number of pyridine rings is 1. The maximum Gasteiger partial charge on any atom is 0.255 e. The lowest BCUT2D eigenvalue weighted by molar-refractivity contribution is 0.0945. The maximum absolute atomic E-state index is 13.8. The predicted molar refractivity (Wildman–Crippen MR) is 91.8 cm³/mol. The molecule has 1 aliphatic rings. The second-order valence-electron chi connectivity index (χ2n) is 5.93. The fourth-order valence-corrected chi connectivity index (χ4v) is 2.81. The molecule has 0 saturated carbocycles. The van der Waals surface area contributed by atoms with Gasteiger partial charge in [-0.3, -0.25) is 4.79 Å². The Labute approximate surface area is 140 Å². The molecule has 0 spiro atoms. The number of benzene rings is 1. The number of anilines is 2. The molecule has 3 rings (SSSR count). The van der Waals surface area contributed by atoms with Crippen molar-refractivity contribution in [2.24, 2.45) is 5.92 Å². The van der Waals surface area contributed by atoms with Gasteiger partial charge in [0.1, 0.15) is 11.6 Å². The van der Waals surface area contributed by atoms with Crippen LogP contribution in [0.25, 0.3) is 0 Å². The van der Waals surface area contributed by atoms with Gasteiger partial charge in [-0.25, -0.2) is 9.37 Å². The van der Waals surface area contributed by atoms with Gasteiger partial charge in [0.2, 0.25) is 0 Å². The second kappa shape index (κ2) is 7.88. The predicted octanol–water partition coefficient (Wildman–Crippen LogP) is 2.69. The smallest absolute Gasteiger partial charge is 0.255 e. The van der Waals surface area contributed by atoms with Gasteiger partial charge in [-0.15, -0.1) is 0 Å². The Morgan fingerprint density at radius 1 is 1.29 bits per heavy atom. The van der Waals surface area contributed by atoms with Gasteiger partial charge in [0.25, 0.3) is 5.91 Å². The average molecular weight is 328 g/mol. The van der Waals surface area contributed by atoms with E-state index in [0.29, 0.717) is 29.5 Å². The number of aromatic nitrogens is 1. The largest absolute Gasteiger partial charge is 0.352 e. The summed E-state index contributed by atoms with van der Waals surface area (Å²) in [4.78, 5) is 16.7. The number of amides is 1. The zero-order valence-electron chi connectivity index (χ0n) is 13.4. The SMILES string of the molecule is O=C(NCC1CCCNC1)c1cccnc1Nc1ccccc1F. The molecule has 2 heterocycles. The molecular weight excluding hydrogens is 307 g/mol. The number of hydrogen-bond donors (Lipinski definition) is 3. The van der Waals surface area contributed by atoms with Crippen LogP contribution in [0.4, 0.5) is 15.9 Å². The Morgan fingerprint density at radius 3 is 2.96 bits per heavy atom. The first-order chi connectivity index (χ1) is 11.7. The molecule has 2 aromatic rings. The first-order valence-electron chi connectivity index (χ1n) is 8.19. The van der Waals surface area contributed by atoms with Crippen molar-refractivity contribution in [3.8, 4) is 0 Å². The van der Waals surface area contributed by atoms with Crippen LogP contribution in [0.2, 0.25) is 0 Å². The number of carbonyl (C=O) groups excluding carboxylic acids is 1. The number of nitrogens with one attached hydrogen (secondary N) is 3. The van der Waals surface area contributed by atoms with E-state index in [1.807, 2.05) is 0 Å². The first-order valence-corrected chi connectivity index (χ1v) is 8.19. The summed E-state index contributed by atoms with van der Waals surface area (Å²) >= 11 is 0. The molecule has 0 bridgehead atoms. The molecule has 0 radical (unpaired) electrons. The summed E-state index contributed by atoms with van der Waals surface area (Å²) in [5.74, 6) is 0.208. The summed E-state index contributed by atoms with van der Waals surface area (Å²) in [6.45, 7) is 2.59. The van der Waals surface area contributed by atoms with Gasteiger partial charge in [0, 0.05) is 12.7 Å². The molecule has 1 unspecified atom stereocenters. The molecule has 1 saturated heterocycles. The van der Waals surface area contributed by atoms with Crippen molar-refractivity contribution in [1.82, 2.24) is 15.6 Å². The van der Waals surface area contributed by atoms with E-state index < -0.39 is 0 Å². The van der Waals surface area contributed by atoms with Crippen LogP contribution in [0.15, 0.2) is 42.6 Å². The van der Waals surface area contributed by atoms with Crippen LogP contribution >= 0.6 is 0 Å². The molecule has 1 fully saturated rings. The zero-order chi connectivity index (χ0) is 16.8. The molecule has 0 aliphatic carbocycles. The molecule has 5 nitrogen and oxygen atoms in total. The summed E-state index contributed by atoms with van der Waals surface area (Å²) in [7, 11) is 0. The van der Waals surface area contributed by atoms with Gasteiger partial charge in [-0.1, -0.05) is 12.1 Å². The van der Waals surface area contributed by atoms with E-state index in [9.17, 15) is 9.18 Å². The summed E-state index contributed by atoms with van der Waals surface area (Å²) < 4.78 is 13.8. The minimum atomic E-state index is -0.386. The van der Waals surface area contributed by atoms with Crippen molar-refractivity contribution in [1.29, 1.82) is 0 Å². The van der Waals surface area contributed by atoms with Crippen molar-refractivity contribution >= 4 is 17.4 Å². The lowest BCUT2D eigenvalue weighted by Gasteiger charge is -2.23. The highest BCUT2D eigenvalue weighted by Gasteiger charge is 2.17. The number of para-hydroxylation sites is 1. The fraction of sp³-hybridized carbons (Fsp3) is 0.333. The number of nitrogens with zero attached hydrogens (tertiary/aromatic N) is 1. The Hall–Kier alpha value is -2.47. The number of hydrogen-bond acceptors (Lipinski definition) is 4. The molecule has 3 N–H and O–H groups in total. The molecule has 1 atom stereocenters. The lowest BCUT2D eigenvalue weighted by Crippen LogP contribution is -2.38. The van der Waals surface area contributed by atoms with E-state index in [-0.39, 0.29) is 11.7 Å². The van der Waals surface area contributed by atoms with Crippen molar-refractivity contribution in [2.75, 3.05) is 25.0 Å². The van der Waals surface area contributed by atoms with Gasteiger partial charge < -0.3 is 16.0 Å². The molecule has 1 aromatic heterocycles. The van der Waals surface area contributed by atoms with Crippen LogP contribution < -0.4 is 16.0 Å². The summed E-state index contributed by atoms with van der Waals surface area (Å²) in [6, 6.07) is 9.70. The first kappa shape index (κ1) is 16.4. The Bertz CT molecular complexity index is 701. The molecule has 1 aromatic carbocycles. The Kier molecular flexibility index (Phi) is 5.38. The van der Waals surface area contributed by atoms with Crippen LogP contribution in [0.1, 0.15) is 23.2 Å². The molecule has 1 aliphatic heterocycles. The highest BCUT2D eigenvalue weighted by molar-refractivity contribution is 5.99. The number of rotatable bonds is 5. The Balaban J connectivity index is 1.69. The van der Waals surface area contributed by atoms with Crippen molar-refractivity contribution < 1.29 is 9.18 Å². The van der Waals surface area contributed by atoms with Crippen LogP contribution in [0.3, 0.4) is 0 Å². The standard InChI is InChI=1S/C18H21FN4O/c19-15-7-1-2-8-16(15)23-17-14(6-4-10-21-17)18(24)22-12-13-5-3-9-20-11-13/h1-2,4,6-8,10,13,20H,3,5,9,11-12H2,(H,21,23)(H,22,24). The molecule has 6 heteroatoms. The van der Waals surface area contributed by atoms with Crippen LogP contribution in [0, 0.1) is 11.7 Å². The number of halogens is 1. The van der Waals surface area contributed by atoms with E-state index in [1.165, 1.54) is 6.07 Å². The maximum atomic E-state index is 13.8. The number of carbonyl (C=O) groups is 1. The third-order valence-electron chi connectivity index (χ3n) is 4.13. The molecule has 126 valence electrons. The summed E-state index contributed by atoms with van der Waals surface area (Å²) in [5, 5.41) is 9.19. The van der Waals surface area contributed by atoms with E-state index >= 15 is 0 Å². The van der Waals surface area contributed by atoms with Gasteiger partial charge in [-0.05, 0) is 56.1 Å². The molecule has 1 amide bonds. The van der Waals surface area contributed by atoms with Crippen LogP contribution in [-0.4, -0.2) is 30.5 Å². The zero-order valence-corrected chi connectivity index (χ0v) is 13.4. The van der Waals surface area contributed by atoms with Crippen LogP contribution in [0.5, 0.6) is 0 Å². The van der Waals surface area contributed by atoms with E-state index in [2.05, 4.69) is 20.9 Å². The quantitative estimate of drug-likeness (QED) is 0.789. The van der Waals surface area contributed by atoms with Crippen molar-refractivity contribution in [3.05, 3.63) is 54.0 Å².